The fraction of sp³-hybridized carbons (Fsp3) is 0.900. The quantitative estimate of drug-likeness (QED) is 0.665. The summed E-state index contributed by atoms with van der Waals surface area (Å²) < 4.78 is 10.1. The number of ether oxygens (including phenoxy) is 2. The van der Waals surface area contributed by atoms with Crippen molar-refractivity contribution < 1.29 is 14.3 Å². The van der Waals surface area contributed by atoms with E-state index >= 15 is 0 Å². The zero-order valence-corrected chi connectivity index (χ0v) is 8.91. The Bertz CT molecular complexity index is 178. The van der Waals surface area contributed by atoms with E-state index in [1.165, 1.54) is 7.11 Å². The molecule has 4 heteroatoms. The average Bonchev–Trinajstić information content (AvgIpc) is 2.70. The average molecular weight is 201 g/mol. The van der Waals surface area contributed by atoms with Gasteiger partial charge in [-0.3, -0.25) is 4.79 Å². The van der Waals surface area contributed by atoms with Crippen LogP contribution in [0.25, 0.3) is 0 Å². The van der Waals surface area contributed by atoms with Gasteiger partial charge in [-0.1, -0.05) is 0 Å². The Morgan fingerprint density at radius 2 is 2.50 bits per heavy atom. The SMILES string of the molecule is COC(=O)CCNC(C)C1CCCO1. The van der Waals surface area contributed by atoms with Crippen molar-refractivity contribution in [3.8, 4) is 0 Å². The predicted molar refractivity (Wildman–Crippen MR) is 53.1 cm³/mol. The van der Waals surface area contributed by atoms with Crippen molar-refractivity contribution in [2.75, 3.05) is 20.3 Å². The molecule has 1 rings (SSSR count). The summed E-state index contributed by atoms with van der Waals surface area (Å²) >= 11 is 0. The molecule has 1 heterocycles. The van der Waals surface area contributed by atoms with E-state index < -0.39 is 0 Å². The lowest BCUT2D eigenvalue weighted by Gasteiger charge is -2.19. The van der Waals surface area contributed by atoms with E-state index in [-0.39, 0.29) is 5.97 Å². The fourth-order valence-corrected chi connectivity index (χ4v) is 1.63. The second kappa shape index (κ2) is 5.98. The third kappa shape index (κ3) is 3.64. The number of carbonyl (C=O) groups excluding carboxylic acids is 1. The summed E-state index contributed by atoms with van der Waals surface area (Å²) in [6.07, 6.45) is 3.00. The van der Waals surface area contributed by atoms with Gasteiger partial charge in [0, 0.05) is 19.2 Å². The summed E-state index contributed by atoms with van der Waals surface area (Å²) in [6, 6.07) is 0.321. The second-order valence-corrected chi connectivity index (χ2v) is 3.62. The molecule has 0 aliphatic carbocycles. The highest BCUT2D eigenvalue weighted by atomic mass is 16.5. The molecule has 2 unspecified atom stereocenters. The molecule has 1 fully saturated rings. The Kier molecular flexibility index (Phi) is 4.90. The number of hydrogen-bond donors (Lipinski definition) is 1. The molecule has 0 radical (unpaired) electrons. The van der Waals surface area contributed by atoms with E-state index in [9.17, 15) is 4.79 Å². The molecular weight excluding hydrogens is 182 g/mol. The topological polar surface area (TPSA) is 47.6 Å². The van der Waals surface area contributed by atoms with E-state index in [1.54, 1.807) is 0 Å². The van der Waals surface area contributed by atoms with E-state index in [0.717, 1.165) is 19.4 Å². The number of rotatable bonds is 5. The van der Waals surface area contributed by atoms with Crippen LogP contribution in [0, 0.1) is 0 Å². The zero-order valence-electron chi connectivity index (χ0n) is 8.91. The lowest BCUT2D eigenvalue weighted by atomic mass is 10.1. The fourth-order valence-electron chi connectivity index (χ4n) is 1.63. The first-order valence-electron chi connectivity index (χ1n) is 5.16. The van der Waals surface area contributed by atoms with Crippen molar-refractivity contribution in [1.29, 1.82) is 0 Å². The maximum absolute atomic E-state index is 10.8. The summed E-state index contributed by atoms with van der Waals surface area (Å²) in [5.74, 6) is -0.169. The minimum Gasteiger partial charge on any atom is -0.469 e. The molecule has 1 N–H and O–H groups in total. The van der Waals surface area contributed by atoms with Crippen molar-refractivity contribution in [3.63, 3.8) is 0 Å². The van der Waals surface area contributed by atoms with Gasteiger partial charge in [-0.2, -0.15) is 0 Å². The van der Waals surface area contributed by atoms with Crippen molar-refractivity contribution in [2.24, 2.45) is 0 Å². The Hall–Kier alpha value is -0.610. The second-order valence-electron chi connectivity index (χ2n) is 3.62. The van der Waals surface area contributed by atoms with Crippen LogP contribution in [0.3, 0.4) is 0 Å². The van der Waals surface area contributed by atoms with Crippen LogP contribution in [0.5, 0.6) is 0 Å². The standard InChI is InChI=1S/C10H19NO3/c1-8(9-4-3-7-14-9)11-6-5-10(12)13-2/h8-9,11H,3-7H2,1-2H3. The first-order valence-corrected chi connectivity index (χ1v) is 5.16. The van der Waals surface area contributed by atoms with Gasteiger partial charge in [0.05, 0.1) is 19.6 Å². The van der Waals surface area contributed by atoms with Gasteiger partial charge in [0.1, 0.15) is 0 Å². The van der Waals surface area contributed by atoms with E-state index in [2.05, 4.69) is 17.0 Å². The highest BCUT2D eigenvalue weighted by Gasteiger charge is 2.21. The van der Waals surface area contributed by atoms with E-state index in [1.807, 2.05) is 0 Å². The molecule has 0 amide bonds. The smallest absolute Gasteiger partial charge is 0.306 e. The van der Waals surface area contributed by atoms with Crippen molar-refractivity contribution in [2.45, 2.75) is 38.3 Å². The summed E-state index contributed by atoms with van der Waals surface area (Å²) in [7, 11) is 1.41. The van der Waals surface area contributed by atoms with Gasteiger partial charge in [0.2, 0.25) is 0 Å². The first kappa shape index (κ1) is 11.5. The van der Waals surface area contributed by atoms with Gasteiger partial charge in [0.15, 0.2) is 0 Å². The van der Waals surface area contributed by atoms with Gasteiger partial charge in [-0.25, -0.2) is 0 Å². The van der Waals surface area contributed by atoms with Gasteiger partial charge >= 0.3 is 5.97 Å². The molecule has 1 aliphatic rings. The van der Waals surface area contributed by atoms with E-state index in [4.69, 9.17) is 4.74 Å². The third-order valence-corrected chi connectivity index (χ3v) is 2.55. The number of hydrogen-bond acceptors (Lipinski definition) is 4. The minimum atomic E-state index is -0.169. The predicted octanol–water partition coefficient (Wildman–Crippen LogP) is 0.707. The van der Waals surface area contributed by atoms with Crippen molar-refractivity contribution in [3.05, 3.63) is 0 Å². The van der Waals surface area contributed by atoms with Gasteiger partial charge in [-0.15, -0.1) is 0 Å². The lowest BCUT2D eigenvalue weighted by Crippen LogP contribution is -2.38. The summed E-state index contributed by atoms with van der Waals surface area (Å²) in [6.45, 7) is 3.62. The molecule has 2 atom stereocenters. The highest BCUT2D eigenvalue weighted by Crippen LogP contribution is 2.15. The first-order chi connectivity index (χ1) is 6.74. The monoisotopic (exact) mass is 201 g/mol. The molecular formula is C10H19NO3. The molecule has 14 heavy (non-hydrogen) atoms. The Morgan fingerprint density at radius 3 is 3.07 bits per heavy atom. The van der Waals surface area contributed by atoms with Crippen LogP contribution in [0.4, 0.5) is 0 Å². The Labute approximate surface area is 85.0 Å². The number of carbonyl (C=O) groups is 1. The van der Waals surface area contributed by atoms with Gasteiger partial charge in [0.25, 0.3) is 0 Å². The minimum absolute atomic E-state index is 0.169. The summed E-state index contributed by atoms with van der Waals surface area (Å²) in [5.41, 5.74) is 0. The number of nitrogens with one attached hydrogen (secondary N) is 1. The molecule has 1 saturated heterocycles. The van der Waals surface area contributed by atoms with E-state index in [0.29, 0.717) is 25.1 Å². The Morgan fingerprint density at radius 1 is 1.71 bits per heavy atom. The van der Waals surface area contributed by atoms with Crippen LogP contribution >= 0.6 is 0 Å². The van der Waals surface area contributed by atoms with Crippen LogP contribution in [0.15, 0.2) is 0 Å². The van der Waals surface area contributed by atoms with Crippen molar-refractivity contribution >= 4 is 5.97 Å². The van der Waals surface area contributed by atoms with Crippen LogP contribution in [-0.2, 0) is 14.3 Å². The number of methoxy groups -OCH3 is 1. The maximum atomic E-state index is 10.8. The number of esters is 1. The molecule has 0 aromatic heterocycles. The maximum Gasteiger partial charge on any atom is 0.306 e. The summed E-state index contributed by atoms with van der Waals surface area (Å²) in [4.78, 5) is 10.8. The molecule has 0 aromatic carbocycles. The Balaban J connectivity index is 2.08. The van der Waals surface area contributed by atoms with Gasteiger partial charge in [-0.05, 0) is 19.8 Å². The van der Waals surface area contributed by atoms with Crippen molar-refractivity contribution in [1.82, 2.24) is 5.32 Å². The molecule has 4 nitrogen and oxygen atoms in total. The molecule has 1 aliphatic heterocycles. The van der Waals surface area contributed by atoms with Gasteiger partial charge < -0.3 is 14.8 Å². The van der Waals surface area contributed by atoms with Crippen LogP contribution in [-0.4, -0.2) is 38.4 Å². The highest BCUT2D eigenvalue weighted by molar-refractivity contribution is 5.69. The third-order valence-electron chi connectivity index (χ3n) is 2.55. The lowest BCUT2D eigenvalue weighted by molar-refractivity contribution is -0.140. The summed E-state index contributed by atoms with van der Waals surface area (Å²) in [5, 5.41) is 3.26. The van der Waals surface area contributed by atoms with Crippen LogP contribution < -0.4 is 5.32 Å². The molecule has 0 saturated carbocycles. The molecule has 0 spiro atoms. The van der Waals surface area contributed by atoms with Crippen LogP contribution in [0.1, 0.15) is 26.2 Å². The normalized spacial score (nSPS) is 23.4. The molecule has 0 aromatic rings. The largest absolute Gasteiger partial charge is 0.469 e. The zero-order chi connectivity index (χ0) is 10.4. The molecule has 82 valence electrons. The van der Waals surface area contributed by atoms with Crippen LogP contribution in [0.2, 0.25) is 0 Å². The molecule has 0 bridgehead atoms.